The zero-order valence-electron chi connectivity index (χ0n) is 15.6. The summed E-state index contributed by atoms with van der Waals surface area (Å²) in [4.78, 5) is 0. The summed E-state index contributed by atoms with van der Waals surface area (Å²) in [7, 11) is -7.20. The van der Waals surface area contributed by atoms with E-state index in [2.05, 4.69) is 4.72 Å². The fourth-order valence-electron chi connectivity index (χ4n) is 3.32. The molecule has 2 aromatic rings. The summed E-state index contributed by atoms with van der Waals surface area (Å²) < 4.78 is 67.4. The lowest BCUT2D eigenvalue weighted by Gasteiger charge is -2.30. The van der Waals surface area contributed by atoms with Crippen molar-refractivity contribution >= 4 is 31.4 Å². The second-order valence-electron chi connectivity index (χ2n) is 6.79. The third-order valence-electron chi connectivity index (χ3n) is 4.53. The molecule has 2 aromatic carbocycles. The van der Waals surface area contributed by atoms with Crippen molar-refractivity contribution in [2.45, 2.75) is 31.9 Å². The van der Waals surface area contributed by atoms with Gasteiger partial charge in [-0.25, -0.2) is 21.2 Å². The van der Waals surface area contributed by atoms with Gasteiger partial charge >= 0.3 is 0 Å². The molecule has 0 saturated carbocycles. The van der Waals surface area contributed by atoms with Gasteiger partial charge in [-0.15, -0.1) is 0 Å². The Hall–Kier alpha value is -2.13. The zero-order valence-corrected chi connectivity index (χ0v) is 17.2. The maximum Gasteiger partial charge on any atom is 0.237 e. The molecule has 0 atom stereocenters. The van der Waals surface area contributed by atoms with Crippen molar-refractivity contribution in [3.05, 3.63) is 59.4 Å². The molecule has 28 heavy (non-hydrogen) atoms. The molecule has 9 heteroatoms. The monoisotopic (exact) mass is 426 g/mol. The van der Waals surface area contributed by atoms with Gasteiger partial charge in [-0.05, 0) is 49.1 Å². The van der Waals surface area contributed by atoms with Gasteiger partial charge in [0.25, 0.3) is 0 Å². The molecule has 0 saturated heterocycles. The van der Waals surface area contributed by atoms with Crippen LogP contribution in [0.4, 0.5) is 15.8 Å². The molecule has 0 aliphatic carbocycles. The van der Waals surface area contributed by atoms with Crippen LogP contribution >= 0.6 is 0 Å². The lowest BCUT2D eigenvalue weighted by molar-refractivity contribution is 0.585. The molecule has 3 rings (SSSR count). The van der Waals surface area contributed by atoms with E-state index in [0.29, 0.717) is 37.2 Å². The van der Waals surface area contributed by atoms with Crippen molar-refractivity contribution in [2.75, 3.05) is 21.3 Å². The van der Waals surface area contributed by atoms with E-state index in [1.165, 1.54) is 28.6 Å². The van der Waals surface area contributed by atoms with Crippen LogP contribution in [0.1, 0.15) is 30.9 Å². The van der Waals surface area contributed by atoms with Crippen LogP contribution in [0.5, 0.6) is 0 Å². The number of rotatable bonds is 7. The van der Waals surface area contributed by atoms with Gasteiger partial charge in [0.1, 0.15) is 5.82 Å². The van der Waals surface area contributed by atoms with Crippen molar-refractivity contribution in [1.29, 1.82) is 0 Å². The number of fused-ring (bicyclic) bond motifs is 1. The SMILES string of the molecule is CCCS(=O)(=O)N1CCCc2cc(NS(=O)(=O)Cc3ccccc3F)ccc21. The molecule has 0 bridgehead atoms. The van der Waals surface area contributed by atoms with Crippen LogP contribution in [0, 0.1) is 5.82 Å². The van der Waals surface area contributed by atoms with Gasteiger partial charge in [0.2, 0.25) is 20.0 Å². The van der Waals surface area contributed by atoms with E-state index in [1.807, 2.05) is 6.92 Å². The molecule has 152 valence electrons. The first-order valence-corrected chi connectivity index (χ1v) is 12.4. The average Bonchev–Trinajstić information content (AvgIpc) is 2.62. The molecule has 1 heterocycles. The maximum atomic E-state index is 13.7. The highest BCUT2D eigenvalue weighted by Crippen LogP contribution is 2.32. The fourth-order valence-corrected chi connectivity index (χ4v) is 6.14. The molecule has 1 aliphatic rings. The fraction of sp³-hybridized carbons (Fsp3) is 0.368. The molecule has 1 N–H and O–H groups in total. The standard InChI is InChI=1S/C19H23FN2O4S2/c1-2-12-28(25,26)22-11-5-7-15-13-17(9-10-19(15)22)21-27(23,24)14-16-6-3-4-8-18(16)20/h3-4,6,8-10,13,21H,2,5,7,11-12,14H2,1H3. The molecule has 0 spiro atoms. The normalized spacial score (nSPS) is 14.6. The summed E-state index contributed by atoms with van der Waals surface area (Å²) in [5.74, 6) is -0.980. The Morgan fingerprint density at radius 1 is 1.11 bits per heavy atom. The number of anilines is 2. The van der Waals surface area contributed by atoms with Crippen molar-refractivity contribution in [3.8, 4) is 0 Å². The number of aryl methyl sites for hydroxylation is 1. The topological polar surface area (TPSA) is 83.6 Å². The number of hydrogen-bond donors (Lipinski definition) is 1. The summed E-state index contributed by atoms with van der Waals surface area (Å²) >= 11 is 0. The van der Waals surface area contributed by atoms with Crippen molar-refractivity contribution < 1.29 is 21.2 Å². The Balaban J connectivity index is 1.83. The van der Waals surface area contributed by atoms with E-state index in [1.54, 1.807) is 18.2 Å². The Morgan fingerprint density at radius 2 is 1.86 bits per heavy atom. The lowest BCUT2D eigenvalue weighted by atomic mass is 10.0. The van der Waals surface area contributed by atoms with Crippen LogP contribution in [0.2, 0.25) is 0 Å². The van der Waals surface area contributed by atoms with E-state index in [9.17, 15) is 21.2 Å². The highest BCUT2D eigenvalue weighted by atomic mass is 32.2. The van der Waals surface area contributed by atoms with Crippen LogP contribution in [0.3, 0.4) is 0 Å². The third kappa shape index (κ3) is 4.64. The van der Waals surface area contributed by atoms with Gasteiger partial charge in [0.05, 0.1) is 17.2 Å². The van der Waals surface area contributed by atoms with E-state index in [4.69, 9.17) is 0 Å². The van der Waals surface area contributed by atoms with Gasteiger partial charge in [0.15, 0.2) is 0 Å². The van der Waals surface area contributed by atoms with E-state index in [0.717, 1.165) is 5.56 Å². The molecule has 0 fully saturated rings. The van der Waals surface area contributed by atoms with E-state index >= 15 is 0 Å². The highest BCUT2D eigenvalue weighted by molar-refractivity contribution is 7.92. The first kappa shape index (κ1) is 20.6. The molecule has 0 aromatic heterocycles. The molecule has 6 nitrogen and oxygen atoms in total. The number of halogens is 1. The lowest BCUT2D eigenvalue weighted by Crippen LogP contribution is -2.37. The van der Waals surface area contributed by atoms with Gasteiger partial charge in [-0.1, -0.05) is 25.1 Å². The molecule has 1 aliphatic heterocycles. The summed E-state index contributed by atoms with van der Waals surface area (Å²) in [5.41, 5.74) is 1.79. The predicted octanol–water partition coefficient (Wildman–Crippen LogP) is 3.26. The largest absolute Gasteiger partial charge is 0.283 e. The Labute approximate surface area is 165 Å². The van der Waals surface area contributed by atoms with Crippen LogP contribution in [0.15, 0.2) is 42.5 Å². The Kier molecular flexibility index (Phi) is 5.95. The average molecular weight is 427 g/mol. The molecule has 0 radical (unpaired) electrons. The predicted molar refractivity (Wildman–Crippen MR) is 109 cm³/mol. The molecular weight excluding hydrogens is 403 g/mol. The number of nitrogens with zero attached hydrogens (tertiary/aromatic N) is 1. The number of hydrogen-bond acceptors (Lipinski definition) is 4. The first-order valence-electron chi connectivity index (χ1n) is 9.09. The minimum Gasteiger partial charge on any atom is -0.283 e. The van der Waals surface area contributed by atoms with Gasteiger partial charge in [-0.2, -0.15) is 0 Å². The van der Waals surface area contributed by atoms with Crippen LogP contribution < -0.4 is 9.03 Å². The quantitative estimate of drug-likeness (QED) is 0.737. The Bertz CT molecular complexity index is 1070. The first-order chi connectivity index (χ1) is 13.2. The second kappa shape index (κ2) is 8.08. The number of sulfonamides is 2. The highest BCUT2D eigenvalue weighted by Gasteiger charge is 2.27. The maximum absolute atomic E-state index is 13.7. The summed E-state index contributed by atoms with van der Waals surface area (Å²) in [6.45, 7) is 2.24. The van der Waals surface area contributed by atoms with Gasteiger partial charge < -0.3 is 0 Å². The molecular formula is C19H23FN2O4S2. The minimum absolute atomic E-state index is 0.0729. The summed E-state index contributed by atoms with van der Waals surface area (Å²) in [6.07, 6.45) is 1.86. The van der Waals surface area contributed by atoms with Gasteiger partial charge in [-0.3, -0.25) is 9.03 Å². The second-order valence-corrected chi connectivity index (χ2v) is 10.5. The minimum atomic E-state index is -3.81. The third-order valence-corrected chi connectivity index (χ3v) is 7.74. The number of nitrogens with one attached hydrogen (secondary N) is 1. The number of benzene rings is 2. The Morgan fingerprint density at radius 3 is 2.57 bits per heavy atom. The van der Waals surface area contributed by atoms with Crippen LogP contribution in [-0.2, 0) is 32.2 Å². The van der Waals surface area contributed by atoms with Crippen molar-refractivity contribution in [2.24, 2.45) is 0 Å². The molecule has 0 amide bonds. The van der Waals surface area contributed by atoms with E-state index in [-0.39, 0.29) is 11.3 Å². The van der Waals surface area contributed by atoms with Crippen LogP contribution in [0.25, 0.3) is 0 Å². The van der Waals surface area contributed by atoms with Gasteiger partial charge in [0, 0.05) is 17.8 Å². The summed E-state index contributed by atoms with van der Waals surface area (Å²) in [6, 6.07) is 10.5. The smallest absolute Gasteiger partial charge is 0.237 e. The van der Waals surface area contributed by atoms with Crippen LogP contribution in [-0.4, -0.2) is 29.1 Å². The zero-order chi connectivity index (χ0) is 20.4. The van der Waals surface area contributed by atoms with Crippen molar-refractivity contribution in [1.82, 2.24) is 0 Å². The summed E-state index contributed by atoms with van der Waals surface area (Å²) in [5, 5.41) is 0. The molecule has 0 unspecified atom stereocenters. The van der Waals surface area contributed by atoms with Crippen molar-refractivity contribution in [3.63, 3.8) is 0 Å². The van der Waals surface area contributed by atoms with E-state index < -0.39 is 31.6 Å².